The van der Waals surface area contributed by atoms with Gasteiger partial charge in [-0.15, -0.1) is 0 Å². The first kappa shape index (κ1) is 23.3. The van der Waals surface area contributed by atoms with Gasteiger partial charge in [0.1, 0.15) is 5.75 Å². The zero-order valence-electron chi connectivity index (χ0n) is 19.1. The normalized spacial score (nSPS) is 11.0. The van der Waals surface area contributed by atoms with E-state index in [-0.39, 0.29) is 5.97 Å². The van der Waals surface area contributed by atoms with Crippen LogP contribution < -0.4 is 4.74 Å². The van der Waals surface area contributed by atoms with Crippen molar-refractivity contribution in [2.75, 3.05) is 14.2 Å². The summed E-state index contributed by atoms with van der Waals surface area (Å²) in [7, 11) is 3.03. The number of aryl methyl sites for hydroxylation is 1. The van der Waals surface area contributed by atoms with Gasteiger partial charge in [-0.1, -0.05) is 48.0 Å². The largest absolute Gasteiger partial charge is 0.497 e. The SMILES string of the molecule is COC(=O)c1ccc(C=CCCc2cc(-c3ccc(Cl)cc3)n(-c3ccc(OC)cc3)n2)cc1. The summed E-state index contributed by atoms with van der Waals surface area (Å²) >= 11 is 6.09. The molecule has 34 heavy (non-hydrogen) atoms. The Bertz CT molecular complexity index is 1270. The predicted molar refractivity (Wildman–Crippen MR) is 136 cm³/mol. The van der Waals surface area contributed by atoms with Crippen LogP contribution >= 0.6 is 11.6 Å². The summed E-state index contributed by atoms with van der Waals surface area (Å²) in [6, 6.07) is 25.1. The molecule has 0 saturated heterocycles. The number of carbonyl (C=O) groups is 1. The Morgan fingerprint density at radius 1 is 0.971 bits per heavy atom. The Labute approximate surface area is 204 Å². The highest BCUT2D eigenvalue weighted by molar-refractivity contribution is 6.30. The highest BCUT2D eigenvalue weighted by Crippen LogP contribution is 2.27. The highest BCUT2D eigenvalue weighted by Gasteiger charge is 2.12. The van der Waals surface area contributed by atoms with E-state index in [1.54, 1.807) is 19.2 Å². The predicted octanol–water partition coefficient (Wildman–Crippen LogP) is 6.63. The fourth-order valence-electron chi connectivity index (χ4n) is 3.60. The van der Waals surface area contributed by atoms with Gasteiger partial charge in [0.15, 0.2) is 0 Å². The molecule has 4 aromatic rings. The maximum atomic E-state index is 11.6. The van der Waals surface area contributed by atoms with Gasteiger partial charge in [-0.3, -0.25) is 0 Å². The van der Waals surface area contributed by atoms with Crippen molar-refractivity contribution in [1.29, 1.82) is 0 Å². The van der Waals surface area contributed by atoms with Crippen LogP contribution in [0.2, 0.25) is 5.02 Å². The van der Waals surface area contributed by atoms with E-state index in [0.29, 0.717) is 10.6 Å². The van der Waals surface area contributed by atoms with Crippen molar-refractivity contribution in [3.63, 3.8) is 0 Å². The van der Waals surface area contributed by atoms with Gasteiger partial charge in [-0.2, -0.15) is 5.10 Å². The van der Waals surface area contributed by atoms with E-state index in [1.807, 2.05) is 71.4 Å². The van der Waals surface area contributed by atoms with Crippen LogP contribution in [0.15, 0.2) is 84.9 Å². The molecule has 0 radical (unpaired) electrons. The molecule has 0 unspecified atom stereocenters. The van der Waals surface area contributed by atoms with Crippen molar-refractivity contribution in [3.05, 3.63) is 107 Å². The lowest BCUT2D eigenvalue weighted by atomic mass is 10.1. The van der Waals surface area contributed by atoms with Crippen LogP contribution in [0.5, 0.6) is 5.75 Å². The number of nitrogens with zero attached hydrogens (tertiary/aromatic N) is 2. The lowest BCUT2D eigenvalue weighted by Crippen LogP contribution is -2.00. The molecule has 0 fully saturated rings. The first-order chi connectivity index (χ1) is 16.6. The molecule has 5 nitrogen and oxygen atoms in total. The maximum absolute atomic E-state index is 11.6. The number of rotatable bonds is 8. The third-order valence-corrected chi connectivity index (χ3v) is 5.68. The minimum absolute atomic E-state index is 0.334. The minimum Gasteiger partial charge on any atom is -0.497 e. The molecule has 1 heterocycles. The van der Waals surface area contributed by atoms with Gasteiger partial charge >= 0.3 is 5.97 Å². The van der Waals surface area contributed by atoms with Gasteiger partial charge in [0.2, 0.25) is 0 Å². The first-order valence-corrected chi connectivity index (χ1v) is 11.3. The van der Waals surface area contributed by atoms with Gasteiger partial charge in [-0.25, -0.2) is 9.48 Å². The molecule has 3 aromatic carbocycles. The number of esters is 1. The van der Waals surface area contributed by atoms with Crippen molar-refractivity contribution >= 4 is 23.6 Å². The van der Waals surface area contributed by atoms with Crippen molar-refractivity contribution in [3.8, 4) is 22.7 Å². The molecule has 0 aliphatic rings. The Kier molecular flexibility index (Phi) is 7.45. The standard InChI is InChI=1S/C28H25ClN2O3/c1-33-26-17-15-25(16-18-26)31-27(21-11-13-23(29)14-12-21)19-24(30-31)6-4-3-5-20-7-9-22(10-8-20)28(32)34-2/h3,5,7-19H,4,6H2,1-2H3. The Balaban J connectivity index is 1.52. The van der Waals surface area contributed by atoms with Crippen molar-refractivity contribution in [2.45, 2.75) is 12.8 Å². The van der Waals surface area contributed by atoms with E-state index >= 15 is 0 Å². The van der Waals surface area contributed by atoms with Crippen LogP contribution in [0.1, 0.15) is 28.0 Å². The van der Waals surface area contributed by atoms with E-state index in [9.17, 15) is 4.79 Å². The second kappa shape index (κ2) is 10.9. The molecule has 4 rings (SSSR count). The molecular weight excluding hydrogens is 448 g/mol. The van der Waals surface area contributed by atoms with E-state index in [4.69, 9.17) is 26.2 Å². The second-order valence-electron chi connectivity index (χ2n) is 7.69. The van der Waals surface area contributed by atoms with Crippen LogP contribution in [-0.4, -0.2) is 30.0 Å². The number of hydrogen-bond donors (Lipinski definition) is 0. The molecule has 172 valence electrons. The molecule has 0 spiro atoms. The van der Waals surface area contributed by atoms with Crippen LogP contribution in [0, 0.1) is 0 Å². The Hall–Kier alpha value is -3.83. The second-order valence-corrected chi connectivity index (χ2v) is 8.13. The number of aromatic nitrogens is 2. The summed E-state index contributed by atoms with van der Waals surface area (Å²) in [5.41, 5.74) is 5.56. The number of hydrogen-bond acceptors (Lipinski definition) is 4. The van der Waals surface area contributed by atoms with Gasteiger partial charge in [0, 0.05) is 10.6 Å². The number of allylic oxidation sites excluding steroid dienone is 1. The van der Waals surface area contributed by atoms with E-state index < -0.39 is 0 Å². The summed E-state index contributed by atoms with van der Waals surface area (Å²) in [4.78, 5) is 11.6. The Morgan fingerprint density at radius 2 is 1.68 bits per heavy atom. The van der Waals surface area contributed by atoms with Crippen molar-refractivity contribution in [2.24, 2.45) is 0 Å². The number of halogens is 1. The van der Waals surface area contributed by atoms with Crippen LogP contribution in [0.25, 0.3) is 23.0 Å². The molecule has 0 atom stereocenters. The van der Waals surface area contributed by atoms with Crippen molar-refractivity contribution in [1.82, 2.24) is 9.78 Å². The highest BCUT2D eigenvalue weighted by atomic mass is 35.5. The monoisotopic (exact) mass is 472 g/mol. The average Bonchev–Trinajstić information content (AvgIpc) is 3.31. The lowest BCUT2D eigenvalue weighted by Gasteiger charge is -2.08. The summed E-state index contributed by atoms with van der Waals surface area (Å²) in [6.45, 7) is 0. The summed E-state index contributed by atoms with van der Waals surface area (Å²) in [5, 5.41) is 5.58. The number of ether oxygens (including phenoxy) is 2. The maximum Gasteiger partial charge on any atom is 0.337 e. The van der Waals surface area contributed by atoms with Gasteiger partial charge < -0.3 is 9.47 Å². The van der Waals surface area contributed by atoms with Crippen molar-refractivity contribution < 1.29 is 14.3 Å². The molecule has 0 aliphatic carbocycles. The molecule has 0 amide bonds. The number of carbonyl (C=O) groups excluding carboxylic acids is 1. The Morgan fingerprint density at radius 3 is 2.32 bits per heavy atom. The zero-order chi connectivity index (χ0) is 23.9. The third-order valence-electron chi connectivity index (χ3n) is 5.43. The van der Waals surface area contributed by atoms with E-state index in [2.05, 4.69) is 12.1 Å². The molecule has 0 aliphatic heterocycles. The molecule has 0 saturated carbocycles. The fourth-order valence-corrected chi connectivity index (χ4v) is 3.72. The fraction of sp³-hybridized carbons (Fsp3) is 0.143. The zero-order valence-corrected chi connectivity index (χ0v) is 19.8. The smallest absolute Gasteiger partial charge is 0.337 e. The number of benzene rings is 3. The minimum atomic E-state index is -0.334. The quantitative estimate of drug-likeness (QED) is 0.270. The summed E-state index contributed by atoms with van der Waals surface area (Å²) in [5.74, 6) is 0.466. The molecular formula is C28H25ClN2O3. The van der Waals surface area contributed by atoms with Gasteiger partial charge in [0.05, 0.1) is 36.9 Å². The summed E-state index contributed by atoms with van der Waals surface area (Å²) < 4.78 is 12.0. The lowest BCUT2D eigenvalue weighted by molar-refractivity contribution is 0.0600. The molecule has 0 bridgehead atoms. The topological polar surface area (TPSA) is 53.4 Å². The van der Waals surface area contributed by atoms with E-state index in [0.717, 1.165) is 46.8 Å². The molecule has 1 aromatic heterocycles. The van der Waals surface area contributed by atoms with Gasteiger partial charge in [0.25, 0.3) is 0 Å². The molecule has 0 N–H and O–H groups in total. The van der Waals surface area contributed by atoms with Crippen LogP contribution in [0.4, 0.5) is 0 Å². The number of methoxy groups -OCH3 is 2. The third kappa shape index (κ3) is 5.56. The summed E-state index contributed by atoms with van der Waals surface area (Å²) in [6.07, 6.45) is 5.78. The first-order valence-electron chi connectivity index (χ1n) is 10.9. The van der Waals surface area contributed by atoms with Crippen LogP contribution in [-0.2, 0) is 11.2 Å². The average molecular weight is 473 g/mol. The van der Waals surface area contributed by atoms with Crippen LogP contribution in [0.3, 0.4) is 0 Å². The van der Waals surface area contributed by atoms with Gasteiger partial charge in [-0.05, 0) is 73.0 Å². The van der Waals surface area contributed by atoms with E-state index in [1.165, 1.54) is 7.11 Å². The molecule has 6 heteroatoms.